The summed E-state index contributed by atoms with van der Waals surface area (Å²) in [4.78, 5) is 14.2. The lowest BCUT2D eigenvalue weighted by atomic mass is 10.2. The fraction of sp³-hybridized carbons (Fsp3) is 0.429. The molecule has 0 amide bonds. The average molecular weight is 259 g/mol. The minimum Gasteiger partial charge on any atom is -0.370 e. The van der Waals surface area contributed by atoms with Crippen molar-refractivity contribution in [1.29, 1.82) is 0 Å². The summed E-state index contributed by atoms with van der Waals surface area (Å²) in [6.07, 6.45) is 0. The zero-order valence-electron chi connectivity index (χ0n) is 11.8. The van der Waals surface area contributed by atoms with Crippen molar-refractivity contribution in [3.05, 3.63) is 29.6 Å². The highest BCUT2D eigenvalue weighted by Crippen LogP contribution is 2.13. The SMILES string of the molecule is CCN(CC)C(N)=NCc1nc2ccc(C)cc2[nH]1. The van der Waals surface area contributed by atoms with E-state index in [0.29, 0.717) is 12.5 Å². The zero-order chi connectivity index (χ0) is 13.8. The number of hydrogen-bond acceptors (Lipinski definition) is 2. The molecule has 0 fully saturated rings. The summed E-state index contributed by atoms with van der Waals surface area (Å²) in [5.74, 6) is 1.41. The first-order valence-corrected chi connectivity index (χ1v) is 6.64. The molecule has 0 saturated carbocycles. The second-order valence-electron chi connectivity index (χ2n) is 4.55. The molecule has 0 aliphatic heterocycles. The third-order valence-corrected chi connectivity index (χ3v) is 3.16. The van der Waals surface area contributed by atoms with Crippen LogP contribution in [0.4, 0.5) is 0 Å². The van der Waals surface area contributed by atoms with Gasteiger partial charge < -0.3 is 15.6 Å². The molecule has 0 saturated heterocycles. The Balaban J connectivity index is 2.15. The summed E-state index contributed by atoms with van der Waals surface area (Å²) in [7, 11) is 0. The molecule has 0 radical (unpaired) electrons. The Morgan fingerprint density at radius 1 is 1.37 bits per heavy atom. The van der Waals surface area contributed by atoms with Gasteiger partial charge in [-0.1, -0.05) is 6.07 Å². The Morgan fingerprint density at radius 2 is 2.11 bits per heavy atom. The Labute approximate surface area is 113 Å². The predicted octanol–water partition coefficient (Wildman–Crippen LogP) is 2.03. The molecule has 0 atom stereocenters. The van der Waals surface area contributed by atoms with Gasteiger partial charge in [0, 0.05) is 13.1 Å². The van der Waals surface area contributed by atoms with Gasteiger partial charge in [-0.3, -0.25) is 0 Å². The van der Waals surface area contributed by atoms with Gasteiger partial charge in [0.25, 0.3) is 0 Å². The highest BCUT2D eigenvalue weighted by atomic mass is 15.2. The predicted molar refractivity (Wildman–Crippen MR) is 79.1 cm³/mol. The van der Waals surface area contributed by atoms with E-state index in [-0.39, 0.29) is 0 Å². The van der Waals surface area contributed by atoms with Gasteiger partial charge in [-0.2, -0.15) is 0 Å². The van der Waals surface area contributed by atoms with E-state index in [1.54, 1.807) is 0 Å². The third-order valence-electron chi connectivity index (χ3n) is 3.16. The number of rotatable bonds is 4. The van der Waals surface area contributed by atoms with Gasteiger partial charge in [0.05, 0.1) is 11.0 Å². The number of aromatic amines is 1. The molecule has 1 aromatic heterocycles. The lowest BCUT2D eigenvalue weighted by Gasteiger charge is -2.18. The van der Waals surface area contributed by atoms with Crippen LogP contribution in [0.1, 0.15) is 25.2 Å². The lowest BCUT2D eigenvalue weighted by molar-refractivity contribution is 0.458. The summed E-state index contributed by atoms with van der Waals surface area (Å²) in [6.45, 7) is 8.41. The maximum absolute atomic E-state index is 5.94. The molecule has 0 bridgehead atoms. The van der Waals surface area contributed by atoms with Gasteiger partial charge in [-0.05, 0) is 38.5 Å². The number of aliphatic imine (C=N–C) groups is 1. The molecule has 19 heavy (non-hydrogen) atoms. The summed E-state index contributed by atoms with van der Waals surface area (Å²) in [5, 5.41) is 0. The molecule has 1 aromatic carbocycles. The number of guanidine groups is 1. The van der Waals surface area contributed by atoms with Crippen molar-refractivity contribution in [2.75, 3.05) is 13.1 Å². The highest BCUT2D eigenvalue weighted by Gasteiger charge is 2.04. The number of imidazole rings is 1. The van der Waals surface area contributed by atoms with E-state index in [2.05, 4.69) is 47.9 Å². The number of fused-ring (bicyclic) bond motifs is 1. The van der Waals surface area contributed by atoms with E-state index in [1.807, 2.05) is 11.0 Å². The van der Waals surface area contributed by atoms with Crippen LogP contribution in [0.15, 0.2) is 23.2 Å². The van der Waals surface area contributed by atoms with Crippen molar-refractivity contribution in [3.8, 4) is 0 Å². The van der Waals surface area contributed by atoms with Gasteiger partial charge in [0.15, 0.2) is 5.96 Å². The summed E-state index contributed by atoms with van der Waals surface area (Å²) in [6, 6.07) is 6.16. The molecule has 0 aliphatic rings. The fourth-order valence-corrected chi connectivity index (χ4v) is 2.05. The van der Waals surface area contributed by atoms with E-state index < -0.39 is 0 Å². The molecule has 3 N–H and O–H groups in total. The standard InChI is InChI=1S/C14H21N5/c1-4-19(5-2)14(15)16-9-13-17-11-7-6-10(3)8-12(11)18-13/h6-8H,4-5,9H2,1-3H3,(H2,15,16)(H,17,18). The van der Waals surface area contributed by atoms with Gasteiger partial charge in [-0.15, -0.1) is 0 Å². The minimum atomic E-state index is 0.482. The van der Waals surface area contributed by atoms with Gasteiger partial charge in [-0.25, -0.2) is 9.98 Å². The second-order valence-corrected chi connectivity index (χ2v) is 4.55. The second kappa shape index (κ2) is 5.73. The van der Waals surface area contributed by atoms with Crippen molar-refractivity contribution in [1.82, 2.24) is 14.9 Å². The molecule has 0 spiro atoms. The number of aromatic nitrogens is 2. The number of nitrogens with one attached hydrogen (secondary N) is 1. The average Bonchev–Trinajstić information content (AvgIpc) is 2.79. The smallest absolute Gasteiger partial charge is 0.191 e. The number of nitrogens with two attached hydrogens (primary N) is 1. The van der Waals surface area contributed by atoms with Crippen molar-refractivity contribution in [3.63, 3.8) is 0 Å². The van der Waals surface area contributed by atoms with Crippen molar-refractivity contribution in [2.45, 2.75) is 27.3 Å². The molecule has 2 rings (SSSR count). The summed E-state index contributed by atoms with van der Waals surface area (Å²) in [5.41, 5.74) is 9.17. The Kier molecular flexibility index (Phi) is 4.04. The fourth-order valence-electron chi connectivity index (χ4n) is 2.05. The Bertz CT molecular complexity index is 581. The largest absolute Gasteiger partial charge is 0.370 e. The van der Waals surface area contributed by atoms with Crippen LogP contribution in [0.2, 0.25) is 0 Å². The normalized spacial score (nSPS) is 12.1. The highest BCUT2D eigenvalue weighted by molar-refractivity contribution is 5.78. The van der Waals surface area contributed by atoms with Crippen molar-refractivity contribution >= 4 is 17.0 Å². The molecule has 5 nitrogen and oxygen atoms in total. The molecule has 0 aliphatic carbocycles. The monoisotopic (exact) mass is 259 g/mol. The van der Waals surface area contributed by atoms with Crippen LogP contribution in [0.5, 0.6) is 0 Å². The van der Waals surface area contributed by atoms with Crippen LogP contribution in [0.3, 0.4) is 0 Å². The van der Waals surface area contributed by atoms with Crippen LogP contribution in [0.25, 0.3) is 11.0 Å². The zero-order valence-corrected chi connectivity index (χ0v) is 11.8. The molecule has 5 heteroatoms. The van der Waals surface area contributed by atoms with Crippen LogP contribution in [0, 0.1) is 6.92 Å². The van der Waals surface area contributed by atoms with Gasteiger partial charge in [0.1, 0.15) is 12.4 Å². The molecule has 2 aromatic rings. The molecular weight excluding hydrogens is 238 g/mol. The van der Waals surface area contributed by atoms with E-state index >= 15 is 0 Å². The Morgan fingerprint density at radius 3 is 2.79 bits per heavy atom. The molecule has 102 valence electrons. The number of aryl methyl sites for hydroxylation is 1. The van der Waals surface area contributed by atoms with E-state index in [0.717, 1.165) is 29.9 Å². The number of hydrogen-bond donors (Lipinski definition) is 2. The summed E-state index contributed by atoms with van der Waals surface area (Å²) >= 11 is 0. The first kappa shape index (κ1) is 13.4. The van der Waals surface area contributed by atoms with Gasteiger partial charge >= 0.3 is 0 Å². The van der Waals surface area contributed by atoms with Crippen LogP contribution in [-0.4, -0.2) is 33.9 Å². The molecule has 1 heterocycles. The van der Waals surface area contributed by atoms with E-state index in [4.69, 9.17) is 5.73 Å². The maximum atomic E-state index is 5.94. The first-order valence-electron chi connectivity index (χ1n) is 6.64. The third kappa shape index (κ3) is 3.05. The maximum Gasteiger partial charge on any atom is 0.191 e. The quantitative estimate of drug-likeness (QED) is 0.652. The Hall–Kier alpha value is -2.04. The number of nitrogens with zero attached hydrogens (tertiary/aromatic N) is 3. The van der Waals surface area contributed by atoms with Crippen LogP contribution < -0.4 is 5.73 Å². The molecule has 0 unspecified atom stereocenters. The van der Waals surface area contributed by atoms with Crippen molar-refractivity contribution in [2.24, 2.45) is 10.7 Å². The van der Waals surface area contributed by atoms with Gasteiger partial charge in [0.2, 0.25) is 0 Å². The number of H-pyrrole nitrogens is 1. The van der Waals surface area contributed by atoms with Crippen molar-refractivity contribution < 1.29 is 0 Å². The number of benzene rings is 1. The summed E-state index contributed by atoms with van der Waals surface area (Å²) < 4.78 is 0. The topological polar surface area (TPSA) is 70.3 Å². The first-order chi connectivity index (χ1) is 9.13. The van der Waals surface area contributed by atoms with Crippen LogP contribution >= 0.6 is 0 Å². The van der Waals surface area contributed by atoms with Crippen LogP contribution in [-0.2, 0) is 6.54 Å². The lowest BCUT2D eigenvalue weighted by Crippen LogP contribution is -2.37. The minimum absolute atomic E-state index is 0.482. The van der Waals surface area contributed by atoms with E-state index in [1.165, 1.54) is 5.56 Å². The molecular formula is C14H21N5. The van der Waals surface area contributed by atoms with E-state index in [9.17, 15) is 0 Å².